The van der Waals surface area contributed by atoms with Gasteiger partial charge in [-0.2, -0.15) is 0 Å². The molecule has 0 radical (unpaired) electrons. The molecular weight excluding hydrogens is 224 g/mol. The van der Waals surface area contributed by atoms with Crippen molar-refractivity contribution in [1.82, 2.24) is 5.32 Å². The Hall–Kier alpha value is -1.35. The van der Waals surface area contributed by atoms with Crippen molar-refractivity contribution >= 4 is 11.6 Å². The molecule has 0 spiro atoms. The number of carbonyl (C=O) groups excluding carboxylic acids is 1. The summed E-state index contributed by atoms with van der Waals surface area (Å²) in [7, 11) is 0. The van der Waals surface area contributed by atoms with Gasteiger partial charge in [0.2, 0.25) is 5.91 Å². The molecule has 18 heavy (non-hydrogen) atoms. The van der Waals surface area contributed by atoms with Crippen molar-refractivity contribution in [3.63, 3.8) is 0 Å². The second-order valence-electron chi connectivity index (χ2n) is 5.32. The zero-order valence-electron chi connectivity index (χ0n) is 11.6. The predicted molar refractivity (Wildman–Crippen MR) is 74.7 cm³/mol. The van der Waals surface area contributed by atoms with Gasteiger partial charge >= 0.3 is 0 Å². The van der Waals surface area contributed by atoms with Gasteiger partial charge in [0.25, 0.3) is 0 Å². The number of anilines is 1. The monoisotopic (exact) mass is 246 g/mol. The lowest BCUT2D eigenvalue weighted by molar-refractivity contribution is -0.117. The first kappa shape index (κ1) is 13.1. The maximum Gasteiger partial charge on any atom is 0.246 e. The van der Waals surface area contributed by atoms with E-state index in [0.717, 1.165) is 24.2 Å². The Kier molecular flexibility index (Phi) is 3.71. The lowest BCUT2D eigenvalue weighted by Gasteiger charge is -2.15. The lowest BCUT2D eigenvalue weighted by atomic mass is 10.0. The number of nitrogens with one attached hydrogen (secondary N) is 2. The average molecular weight is 246 g/mol. The molecule has 2 N–H and O–H groups in total. The molecule has 0 saturated carbocycles. The molecule has 2 atom stereocenters. The van der Waals surface area contributed by atoms with Crippen LogP contribution >= 0.6 is 0 Å². The highest BCUT2D eigenvalue weighted by molar-refractivity contribution is 6.03. The van der Waals surface area contributed by atoms with E-state index in [1.807, 2.05) is 0 Å². The molecule has 2 unspecified atom stereocenters. The molecule has 98 valence electrons. The quantitative estimate of drug-likeness (QED) is 0.857. The maximum atomic E-state index is 12.0. The first-order valence-electron chi connectivity index (χ1n) is 6.69. The Morgan fingerprint density at radius 2 is 2.11 bits per heavy atom. The third kappa shape index (κ3) is 2.27. The standard InChI is InChI=1S/C15H22N2O/c1-5-9(2)8-16-14-12-7-6-10(3)11(4)13(12)17-15(14)18/h6-7,9,14,16H,5,8H2,1-4H3,(H,17,18). The van der Waals surface area contributed by atoms with Gasteiger partial charge in [-0.1, -0.05) is 32.4 Å². The summed E-state index contributed by atoms with van der Waals surface area (Å²) in [6, 6.07) is 3.96. The largest absolute Gasteiger partial charge is 0.324 e. The number of aryl methyl sites for hydroxylation is 1. The zero-order valence-corrected chi connectivity index (χ0v) is 11.6. The third-order valence-electron chi connectivity index (χ3n) is 3.96. The topological polar surface area (TPSA) is 41.1 Å². The van der Waals surface area contributed by atoms with Crippen LogP contribution in [-0.4, -0.2) is 12.5 Å². The first-order chi connectivity index (χ1) is 8.54. The van der Waals surface area contributed by atoms with Crippen molar-refractivity contribution in [2.75, 3.05) is 11.9 Å². The smallest absolute Gasteiger partial charge is 0.246 e. The lowest BCUT2D eigenvalue weighted by Crippen LogP contribution is -2.30. The molecule has 1 amide bonds. The van der Waals surface area contributed by atoms with Gasteiger partial charge < -0.3 is 10.6 Å². The van der Waals surface area contributed by atoms with Crippen LogP contribution in [0.2, 0.25) is 0 Å². The van der Waals surface area contributed by atoms with Crippen LogP contribution in [0.3, 0.4) is 0 Å². The maximum absolute atomic E-state index is 12.0. The number of carbonyl (C=O) groups is 1. The van der Waals surface area contributed by atoms with Crippen molar-refractivity contribution in [2.45, 2.75) is 40.2 Å². The fourth-order valence-corrected chi connectivity index (χ4v) is 2.25. The molecule has 3 nitrogen and oxygen atoms in total. The van der Waals surface area contributed by atoms with Gasteiger partial charge in [-0.3, -0.25) is 4.79 Å². The Morgan fingerprint density at radius 1 is 1.39 bits per heavy atom. The van der Waals surface area contributed by atoms with Crippen LogP contribution in [0.25, 0.3) is 0 Å². The first-order valence-corrected chi connectivity index (χ1v) is 6.69. The summed E-state index contributed by atoms with van der Waals surface area (Å²) in [4.78, 5) is 12.0. The highest BCUT2D eigenvalue weighted by Crippen LogP contribution is 2.34. The number of hydrogen-bond donors (Lipinski definition) is 2. The second kappa shape index (κ2) is 5.11. The fourth-order valence-electron chi connectivity index (χ4n) is 2.25. The molecule has 1 aliphatic heterocycles. The van der Waals surface area contributed by atoms with E-state index in [-0.39, 0.29) is 11.9 Å². The highest BCUT2D eigenvalue weighted by Gasteiger charge is 2.31. The molecule has 0 aliphatic carbocycles. The molecule has 2 rings (SSSR count). The van der Waals surface area contributed by atoms with Crippen molar-refractivity contribution in [3.8, 4) is 0 Å². The molecular formula is C15H22N2O. The van der Waals surface area contributed by atoms with Crippen LogP contribution < -0.4 is 10.6 Å². The zero-order chi connectivity index (χ0) is 13.3. The van der Waals surface area contributed by atoms with E-state index in [9.17, 15) is 4.79 Å². The molecule has 1 aliphatic rings. The summed E-state index contributed by atoms with van der Waals surface area (Å²) in [5.41, 5.74) is 4.48. The molecule has 0 fully saturated rings. The van der Waals surface area contributed by atoms with E-state index in [1.54, 1.807) is 0 Å². The minimum Gasteiger partial charge on any atom is -0.324 e. The molecule has 0 aromatic heterocycles. The van der Waals surface area contributed by atoms with E-state index >= 15 is 0 Å². The molecule has 3 heteroatoms. The SMILES string of the molecule is CCC(C)CNC1C(=O)Nc2c1ccc(C)c2C. The van der Waals surface area contributed by atoms with Crippen LogP contribution in [0.5, 0.6) is 0 Å². The van der Waals surface area contributed by atoms with Crippen LogP contribution in [0.1, 0.15) is 43.0 Å². The van der Waals surface area contributed by atoms with Crippen molar-refractivity contribution in [3.05, 3.63) is 28.8 Å². The summed E-state index contributed by atoms with van der Waals surface area (Å²) in [6.07, 6.45) is 1.13. The molecule has 1 heterocycles. The van der Waals surface area contributed by atoms with Gasteiger partial charge in [-0.25, -0.2) is 0 Å². The molecule has 0 bridgehead atoms. The van der Waals surface area contributed by atoms with Crippen molar-refractivity contribution in [2.24, 2.45) is 5.92 Å². The highest BCUT2D eigenvalue weighted by atomic mass is 16.2. The van der Waals surface area contributed by atoms with Gasteiger partial charge in [0, 0.05) is 11.3 Å². The van der Waals surface area contributed by atoms with E-state index in [0.29, 0.717) is 5.92 Å². The van der Waals surface area contributed by atoms with E-state index < -0.39 is 0 Å². The van der Waals surface area contributed by atoms with E-state index in [2.05, 4.69) is 50.5 Å². The van der Waals surface area contributed by atoms with Crippen LogP contribution in [0, 0.1) is 19.8 Å². The van der Waals surface area contributed by atoms with Gasteiger partial charge in [0.1, 0.15) is 6.04 Å². The summed E-state index contributed by atoms with van der Waals surface area (Å²) in [5, 5.41) is 6.37. The Labute approximate surface area is 109 Å². The Balaban J connectivity index is 2.21. The number of fused-ring (bicyclic) bond motifs is 1. The number of amides is 1. The van der Waals surface area contributed by atoms with E-state index in [4.69, 9.17) is 0 Å². The number of rotatable bonds is 4. The minimum absolute atomic E-state index is 0.0713. The van der Waals surface area contributed by atoms with Gasteiger partial charge in [0.15, 0.2) is 0 Å². The fraction of sp³-hybridized carbons (Fsp3) is 0.533. The van der Waals surface area contributed by atoms with Gasteiger partial charge in [-0.15, -0.1) is 0 Å². The van der Waals surface area contributed by atoms with Crippen LogP contribution in [-0.2, 0) is 4.79 Å². The summed E-state index contributed by atoms with van der Waals surface area (Å²) in [5.74, 6) is 0.662. The Morgan fingerprint density at radius 3 is 2.78 bits per heavy atom. The van der Waals surface area contributed by atoms with Crippen LogP contribution in [0.15, 0.2) is 12.1 Å². The number of hydrogen-bond acceptors (Lipinski definition) is 2. The number of benzene rings is 1. The molecule has 1 aromatic carbocycles. The van der Waals surface area contributed by atoms with Gasteiger partial charge in [-0.05, 0) is 37.4 Å². The summed E-state index contributed by atoms with van der Waals surface area (Å²) in [6.45, 7) is 9.37. The average Bonchev–Trinajstić information content (AvgIpc) is 2.68. The predicted octanol–water partition coefficient (Wildman–Crippen LogP) is 2.93. The summed E-state index contributed by atoms with van der Waals surface area (Å²) >= 11 is 0. The molecule has 1 aromatic rings. The third-order valence-corrected chi connectivity index (χ3v) is 3.96. The van der Waals surface area contributed by atoms with Crippen molar-refractivity contribution < 1.29 is 4.79 Å². The van der Waals surface area contributed by atoms with Crippen molar-refractivity contribution in [1.29, 1.82) is 0 Å². The normalized spacial score (nSPS) is 19.6. The second-order valence-corrected chi connectivity index (χ2v) is 5.32. The van der Waals surface area contributed by atoms with Gasteiger partial charge in [0.05, 0.1) is 0 Å². The Bertz CT molecular complexity index is 468. The minimum atomic E-state index is -0.187. The van der Waals surface area contributed by atoms with Crippen LogP contribution in [0.4, 0.5) is 5.69 Å². The van der Waals surface area contributed by atoms with E-state index in [1.165, 1.54) is 11.1 Å². The molecule has 0 saturated heterocycles. The summed E-state index contributed by atoms with van der Waals surface area (Å²) < 4.78 is 0.